The number of carbonyl (C=O) groups is 2. The van der Waals surface area contributed by atoms with Crippen LogP contribution >= 0.6 is 11.6 Å². The standard InChI is InChI=1S/C8H5ClO4/c9-8-5(11)2-1-3-6(8)13-7(12)4-10/h1-4,11H. The minimum Gasteiger partial charge on any atom is -0.506 e. The Balaban J connectivity index is 2.95. The van der Waals surface area contributed by atoms with E-state index in [1.165, 1.54) is 18.2 Å². The Morgan fingerprint density at radius 1 is 1.54 bits per heavy atom. The van der Waals surface area contributed by atoms with E-state index in [2.05, 4.69) is 4.74 Å². The van der Waals surface area contributed by atoms with Gasteiger partial charge in [0.05, 0.1) is 0 Å². The highest BCUT2D eigenvalue weighted by atomic mass is 35.5. The van der Waals surface area contributed by atoms with E-state index in [1.54, 1.807) is 0 Å². The molecule has 5 heteroatoms. The largest absolute Gasteiger partial charge is 0.506 e. The number of halogens is 1. The van der Waals surface area contributed by atoms with Crippen LogP contribution in [0.5, 0.6) is 11.5 Å². The maximum absolute atomic E-state index is 10.5. The quantitative estimate of drug-likeness (QED) is 0.337. The molecule has 0 saturated heterocycles. The zero-order valence-electron chi connectivity index (χ0n) is 6.36. The topological polar surface area (TPSA) is 63.6 Å². The minimum atomic E-state index is -1.06. The number of phenols is 1. The zero-order chi connectivity index (χ0) is 9.84. The Morgan fingerprint density at radius 2 is 2.23 bits per heavy atom. The smallest absolute Gasteiger partial charge is 0.376 e. The molecule has 0 aliphatic carbocycles. The van der Waals surface area contributed by atoms with Gasteiger partial charge < -0.3 is 9.84 Å². The van der Waals surface area contributed by atoms with Crippen LogP contribution < -0.4 is 4.74 Å². The first-order valence-corrected chi connectivity index (χ1v) is 3.67. The summed E-state index contributed by atoms with van der Waals surface area (Å²) in [5.41, 5.74) is 0. The van der Waals surface area contributed by atoms with Gasteiger partial charge in [-0.3, -0.25) is 4.79 Å². The summed E-state index contributed by atoms with van der Waals surface area (Å²) < 4.78 is 4.48. The van der Waals surface area contributed by atoms with Gasteiger partial charge in [0, 0.05) is 0 Å². The summed E-state index contributed by atoms with van der Waals surface area (Å²) in [6.45, 7) is 0. The van der Waals surface area contributed by atoms with Crippen LogP contribution in [-0.4, -0.2) is 17.4 Å². The summed E-state index contributed by atoms with van der Waals surface area (Å²) in [4.78, 5) is 20.4. The highest BCUT2D eigenvalue weighted by Gasteiger charge is 2.09. The second-order valence-corrected chi connectivity index (χ2v) is 2.51. The van der Waals surface area contributed by atoms with Crippen molar-refractivity contribution in [1.82, 2.24) is 0 Å². The third-order valence-electron chi connectivity index (χ3n) is 1.25. The number of hydrogen-bond donors (Lipinski definition) is 1. The van der Waals surface area contributed by atoms with Crippen molar-refractivity contribution < 1.29 is 19.4 Å². The van der Waals surface area contributed by atoms with Gasteiger partial charge in [-0.1, -0.05) is 17.7 Å². The number of rotatable bonds is 2. The molecule has 0 aromatic heterocycles. The Labute approximate surface area is 78.7 Å². The minimum absolute atomic E-state index is 0.0143. The lowest BCUT2D eigenvalue weighted by Gasteiger charge is -2.03. The average molecular weight is 201 g/mol. The molecule has 0 aliphatic heterocycles. The van der Waals surface area contributed by atoms with Gasteiger partial charge in [-0.05, 0) is 12.1 Å². The summed E-state index contributed by atoms with van der Waals surface area (Å²) in [6, 6.07) is 4.14. The van der Waals surface area contributed by atoms with E-state index < -0.39 is 5.97 Å². The molecular formula is C8H5ClO4. The molecule has 1 rings (SSSR count). The van der Waals surface area contributed by atoms with Crippen LogP contribution in [0.4, 0.5) is 0 Å². The van der Waals surface area contributed by atoms with E-state index in [0.29, 0.717) is 0 Å². The van der Waals surface area contributed by atoms with Crippen molar-refractivity contribution in [3.05, 3.63) is 23.2 Å². The predicted molar refractivity (Wildman–Crippen MR) is 44.8 cm³/mol. The molecule has 0 radical (unpaired) electrons. The number of aldehydes is 1. The van der Waals surface area contributed by atoms with Gasteiger partial charge in [0.1, 0.15) is 10.8 Å². The molecule has 0 fully saturated rings. The lowest BCUT2D eigenvalue weighted by atomic mass is 10.3. The van der Waals surface area contributed by atoms with Crippen molar-refractivity contribution in [1.29, 1.82) is 0 Å². The van der Waals surface area contributed by atoms with E-state index in [-0.39, 0.29) is 22.8 Å². The molecule has 13 heavy (non-hydrogen) atoms. The van der Waals surface area contributed by atoms with Gasteiger partial charge >= 0.3 is 5.97 Å². The third kappa shape index (κ3) is 2.19. The van der Waals surface area contributed by atoms with Gasteiger partial charge in [-0.15, -0.1) is 0 Å². The molecular weight excluding hydrogens is 196 g/mol. The van der Waals surface area contributed by atoms with Crippen molar-refractivity contribution in [2.75, 3.05) is 0 Å². The van der Waals surface area contributed by atoms with Gasteiger partial charge in [0.25, 0.3) is 0 Å². The van der Waals surface area contributed by atoms with E-state index in [4.69, 9.17) is 16.7 Å². The first kappa shape index (κ1) is 9.54. The molecule has 68 valence electrons. The Hall–Kier alpha value is -1.55. The second-order valence-electron chi connectivity index (χ2n) is 2.13. The first-order chi connectivity index (χ1) is 6.15. The maximum atomic E-state index is 10.5. The Bertz CT molecular complexity index is 348. The number of phenolic OH excluding ortho intramolecular Hbond substituents is 1. The number of aromatic hydroxyl groups is 1. The van der Waals surface area contributed by atoms with Gasteiger partial charge in [-0.25, -0.2) is 4.79 Å². The van der Waals surface area contributed by atoms with Crippen LogP contribution in [0.25, 0.3) is 0 Å². The van der Waals surface area contributed by atoms with Crippen LogP contribution in [0.3, 0.4) is 0 Å². The van der Waals surface area contributed by atoms with Crippen LogP contribution in [0.1, 0.15) is 0 Å². The molecule has 0 unspecified atom stereocenters. The zero-order valence-corrected chi connectivity index (χ0v) is 7.12. The third-order valence-corrected chi connectivity index (χ3v) is 1.63. The van der Waals surface area contributed by atoms with E-state index in [1.807, 2.05) is 0 Å². The normalized spacial score (nSPS) is 9.31. The molecule has 1 N–H and O–H groups in total. The number of benzene rings is 1. The van der Waals surface area contributed by atoms with Crippen molar-refractivity contribution >= 4 is 23.9 Å². The van der Waals surface area contributed by atoms with Gasteiger partial charge in [0.15, 0.2) is 5.75 Å². The summed E-state index contributed by atoms with van der Waals surface area (Å²) in [5.74, 6) is -1.32. The van der Waals surface area contributed by atoms with Crippen molar-refractivity contribution in [2.45, 2.75) is 0 Å². The highest BCUT2D eigenvalue weighted by molar-refractivity contribution is 6.34. The number of ether oxygens (including phenoxy) is 1. The summed E-state index contributed by atoms with van der Waals surface area (Å²) in [5, 5.41) is 8.97. The molecule has 0 bridgehead atoms. The Kier molecular flexibility index (Phi) is 2.87. The number of hydrogen-bond acceptors (Lipinski definition) is 4. The average Bonchev–Trinajstić information content (AvgIpc) is 2.13. The van der Waals surface area contributed by atoms with Crippen molar-refractivity contribution in [3.8, 4) is 11.5 Å². The van der Waals surface area contributed by atoms with E-state index >= 15 is 0 Å². The van der Waals surface area contributed by atoms with Gasteiger partial charge in [-0.2, -0.15) is 0 Å². The number of carbonyl (C=O) groups excluding carboxylic acids is 2. The monoisotopic (exact) mass is 200 g/mol. The van der Waals surface area contributed by atoms with Gasteiger partial charge in [0.2, 0.25) is 6.29 Å². The van der Waals surface area contributed by atoms with Crippen LogP contribution in [-0.2, 0) is 9.59 Å². The van der Waals surface area contributed by atoms with Crippen LogP contribution in [0, 0.1) is 0 Å². The Morgan fingerprint density at radius 3 is 2.85 bits per heavy atom. The molecule has 1 aromatic carbocycles. The predicted octanol–water partition coefficient (Wildman–Crippen LogP) is 1.15. The summed E-state index contributed by atoms with van der Waals surface area (Å²) >= 11 is 5.55. The van der Waals surface area contributed by atoms with E-state index in [0.717, 1.165) is 0 Å². The number of esters is 1. The summed E-state index contributed by atoms with van der Waals surface area (Å²) in [7, 11) is 0. The molecule has 0 saturated carbocycles. The molecule has 4 nitrogen and oxygen atoms in total. The fourth-order valence-corrected chi connectivity index (χ4v) is 0.875. The molecule has 0 aliphatic rings. The summed E-state index contributed by atoms with van der Waals surface area (Å²) in [6.07, 6.45) is 0.0143. The first-order valence-electron chi connectivity index (χ1n) is 3.29. The fourth-order valence-electron chi connectivity index (χ4n) is 0.710. The highest BCUT2D eigenvalue weighted by Crippen LogP contribution is 2.32. The molecule has 0 atom stereocenters. The maximum Gasteiger partial charge on any atom is 0.376 e. The molecule has 1 aromatic rings. The van der Waals surface area contributed by atoms with Crippen molar-refractivity contribution in [3.63, 3.8) is 0 Å². The molecule has 0 heterocycles. The second kappa shape index (κ2) is 3.91. The fraction of sp³-hybridized carbons (Fsp3) is 0. The lowest BCUT2D eigenvalue weighted by Crippen LogP contribution is -2.08. The van der Waals surface area contributed by atoms with E-state index in [9.17, 15) is 9.59 Å². The molecule has 0 amide bonds. The van der Waals surface area contributed by atoms with Crippen LogP contribution in [0.15, 0.2) is 18.2 Å². The molecule has 0 spiro atoms. The van der Waals surface area contributed by atoms with Crippen LogP contribution in [0.2, 0.25) is 5.02 Å². The van der Waals surface area contributed by atoms with Crippen molar-refractivity contribution in [2.24, 2.45) is 0 Å². The lowest BCUT2D eigenvalue weighted by molar-refractivity contribution is -0.141. The SMILES string of the molecule is O=CC(=O)Oc1cccc(O)c1Cl.